The van der Waals surface area contributed by atoms with Crippen molar-refractivity contribution in [3.63, 3.8) is 0 Å². The second-order valence-electron chi connectivity index (χ2n) is 7.38. The van der Waals surface area contributed by atoms with Gasteiger partial charge in [-0.2, -0.15) is 0 Å². The summed E-state index contributed by atoms with van der Waals surface area (Å²) >= 11 is 0. The summed E-state index contributed by atoms with van der Waals surface area (Å²) in [6.07, 6.45) is 5.03. The molecule has 152 valence electrons. The van der Waals surface area contributed by atoms with Crippen LogP contribution in [0, 0.1) is 0 Å². The number of hydrogen-bond donors (Lipinski definition) is 1. The Kier molecular flexibility index (Phi) is 7.03. The quantitative estimate of drug-likeness (QED) is 0.794. The lowest BCUT2D eigenvalue weighted by Crippen LogP contribution is -2.33. The molecule has 2 heterocycles. The van der Waals surface area contributed by atoms with Crippen LogP contribution in [0.5, 0.6) is 0 Å². The molecule has 1 aliphatic heterocycles. The fourth-order valence-electron chi connectivity index (χ4n) is 3.82. The highest BCUT2D eigenvalue weighted by molar-refractivity contribution is 5.79. The summed E-state index contributed by atoms with van der Waals surface area (Å²) in [7, 11) is 1.49. The van der Waals surface area contributed by atoms with E-state index < -0.39 is 0 Å². The highest BCUT2D eigenvalue weighted by Crippen LogP contribution is 2.22. The lowest BCUT2D eigenvalue weighted by atomic mass is 10.2. The van der Waals surface area contributed by atoms with Crippen LogP contribution in [-0.2, 0) is 20.9 Å². The number of methoxy groups -OCH3 is 1. The number of imidazole rings is 1. The predicted octanol–water partition coefficient (Wildman–Crippen LogP) is 2.65. The van der Waals surface area contributed by atoms with Gasteiger partial charge in [-0.05, 0) is 31.9 Å². The second-order valence-corrected chi connectivity index (χ2v) is 7.38. The van der Waals surface area contributed by atoms with Gasteiger partial charge in [-0.15, -0.1) is 0 Å². The predicted molar refractivity (Wildman–Crippen MR) is 108 cm³/mol. The Bertz CT molecular complexity index is 809. The highest BCUT2D eigenvalue weighted by Gasteiger charge is 2.20. The molecular weight excluding hydrogens is 356 g/mol. The average molecular weight is 386 g/mol. The molecule has 28 heavy (non-hydrogen) atoms. The summed E-state index contributed by atoms with van der Waals surface area (Å²) in [5, 5.41) is 2.92. The fourth-order valence-corrected chi connectivity index (χ4v) is 3.82. The molecule has 1 aromatic heterocycles. The summed E-state index contributed by atoms with van der Waals surface area (Å²) in [6.45, 7) is 4.19. The SMILES string of the molecule is COCC(=O)NC(C)c1nc2ccccc2n1CCC(=O)N1CCCCCC1. The summed E-state index contributed by atoms with van der Waals surface area (Å²) in [5.41, 5.74) is 1.85. The maximum atomic E-state index is 12.7. The van der Waals surface area contributed by atoms with Crippen molar-refractivity contribution in [2.24, 2.45) is 0 Å². The van der Waals surface area contributed by atoms with Crippen molar-refractivity contribution in [1.29, 1.82) is 0 Å². The average Bonchev–Trinajstić information content (AvgIpc) is 2.85. The number of aromatic nitrogens is 2. The van der Waals surface area contributed by atoms with E-state index in [-0.39, 0.29) is 24.5 Å². The lowest BCUT2D eigenvalue weighted by Gasteiger charge is -2.21. The summed E-state index contributed by atoms with van der Waals surface area (Å²) in [5.74, 6) is 0.769. The minimum atomic E-state index is -0.275. The lowest BCUT2D eigenvalue weighted by molar-refractivity contribution is -0.131. The van der Waals surface area contributed by atoms with Gasteiger partial charge in [-0.1, -0.05) is 25.0 Å². The highest BCUT2D eigenvalue weighted by atomic mass is 16.5. The second kappa shape index (κ2) is 9.68. The Hall–Kier alpha value is -2.41. The molecular formula is C21H30N4O3. The molecule has 0 bridgehead atoms. The van der Waals surface area contributed by atoms with Crippen molar-refractivity contribution >= 4 is 22.8 Å². The van der Waals surface area contributed by atoms with Gasteiger partial charge in [0, 0.05) is 33.2 Å². The number of amides is 2. The van der Waals surface area contributed by atoms with E-state index in [0.717, 1.165) is 42.8 Å². The normalized spacial score (nSPS) is 16.0. The molecule has 0 aliphatic carbocycles. The minimum Gasteiger partial charge on any atom is -0.375 e. The number of nitrogens with one attached hydrogen (secondary N) is 1. The number of para-hydroxylation sites is 2. The van der Waals surface area contributed by atoms with Crippen LogP contribution in [0.2, 0.25) is 0 Å². The van der Waals surface area contributed by atoms with Crippen molar-refractivity contribution in [3.8, 4) is 0 Å². The number of hydrogen-bond acceptors (Lipinski definition) is 4. The first-order valence-corrected chi connectivity index (χ1v) is 10.1. The van der Waals surface area contributed by atoms with Crippen LogP contribution in [0.25, 0.3) is 11.0 Å². The van der Waals surface area contributed by atoms with E-state index in [9.17, 15) is 9.59 Å². The van der Waals surface area contributed by atoms with Gasteiger partial charge in [0.15, 0.2) is 0 Å². The zero-order valence-electron chi connectivity index (χ0n) is 16.8. The van der Waals surface area contributed by atoms with Gasteiger partial charge in [0.2, 0.25) is 11.8 Å². The summed E-state index contributed by atoms with van der Waals surface area (Å²) in [4.78, 5) is 31.4. The third-order valence-electron chi connectivity index (χ3n) is 5.23. The number of ether oxygens (including phenoxy) is 1. The summed E-state index contributed by atoms with van der Waals surface area (Å²) in [6, 6.07) is 7.60. The molecule has 1 unspecified atom stereocenters. The first kappa shape index (κ1) is 20.3. The Balaban J connectivity index is 1.76. The van der Waals surface area contributed by atoms with Gasteiger partial charge in [-0.3, -0.25) is 9.59 Å². The number of benzene rings is 1. The molecule has 7 heteroatoms. The van der Waals surface area contributed by atoms with E-state index in [4.69, 9.17) is 9.72 Å². The Morgan fingerprint density at radius 3 is 2.61 bits per heavy atom. The number of carbonyl (C=O) groups is 2. The molecule has 2 amide bonds. The van der Waals surface area contributed by atoms with E-state index in [1.165, 1.54) is 20.0 Å². The monoisotopic (exact) mass is 386 g/mol. The van der Waals surface area contributed by atoms with Gasteiger partial charge in [0.05, 0.1) is 17.1 Å². The van der Waals surface area contributed by atoms with Crippen LogP contribution < -0.4 is 5.32 Å². The molecule has 1 atom stereocenters. The summed E-state index contributed by atoms with van der Waals surface area (Å²) < 4.78 is 6.95. The van der Waals surface area contributed by atoms with Gasteiger partial charge in [0.25, 0.3) is 0 Å². The molecule has 2 aromatic rings. The molecule has 1 saturated heterocycles. The van der Waals surface area contributed by atoms with E-state index in [0.29, 0.717) is 13.0 Å². The smallest absolute Gasteiger partial charge is 0.246 e. The Labute approximate surface area is 166 Å². The van der Waals surface area contributed by atoms with Crippen molar-refractivity contribution in [2.75, 3.05) is 26.8 Å². The maximum Gasteiger partial charge on any atom is 0.246 e. The number of aryl methyl sites for hydroxylation is 1. The van der Waals surface area contributed by atoms with E-state index in [2.05, 4.69) is 9.88 Å². The number of likely N-dealkylation sites (tertiary alicyclic amines) is 1. The van der Waals surface area contributed by atoms with Gasteiger partial charge < -0.3 is 19.5 Å². The van der Waals surface area contributed by atoms with Crippen molar-refractivity contribution < 1.29 is 14.3 Å². The molecule has 1 aromatic carbocycles. The maximum absolute atomic E-state index is 12.7. The fraction of sp³-hybridized carbons (Fsp3) is 0.571. The minimum absolute atomic E-state index is 0.0119. The van der Waals surface area contributed by atoms with Crippen molar-refractivity contribution in [3.05, 3.63) is 30.1 Å². The first-order chi connectivity index (χ1) is 13.6. The molecule has 1 N–H and O–H groups in total. The Morgan fingerprint density at radius 1 is 1.18 bits per heavy atom. The molecule has 3 rings (SSSR count). The molecule has 1 fully saturated rings. The van der Waals surface area contributed by atoms with Crippen LogP contribution in [0.1, 0.15) is 50.9 Å². The topological polar surface area (TPSA) is 76.5 Å². The van der Waals surface area contributed by atoms with Crippen LogP contribution in [0.4, 0.5) is 0 Å². The largest absolute Gasteiger partial charge is 0.375 e. The van der Waals surface area contributed by atoms with Gasteiger partial charge >= 0.3 is 0 Å². The van der Waals surface area contributed by atoms with Crippen LogP contribution >= 0.6 is 0 Å². The van der Waals surface area contributed by atoms with Crippen molar-refractivity contribution in [1.82, 2.24) is 19.8 Å². The van der Waals surface area contributed by atoms with Crippen LogP contribution in [0.3, 0.4) is 0 Å². The van der Waals surface area contributed by atoms with Crippen LogP contribution in [-0.4, -0.2) is 53.1 Å². The van der Waals surface area contributed by atoms with E-state index >= 15 is 0 Å². The molecule has 0 spiro atoms. The number of carbonyl (C=O) groups excluding carboxylic acids is 2. The Morgan fingerprint density at radius 2 is 1.89 bits per heavy atom. The number of nitrogens with zero attached hydrogens (tertiary/aromatic N) is 3. The van der Waals surface area contributed by atoms with Gasteiger partial charge in [0.1, 0.15) is 12.4 Å². The van der Waals surface area contributed by atoms with Gasteiger partial charge in [-0.25, -0.2) is 4.98 Å². The number of fused-ring (bicyclic) bond motifs is 1. The zero-order chi connectivity index (χ0) is 19.9. The first-order valence-electron chi connectivity index (χ1n) is 10.1. The molecule has 1 aliphatic rings. The molecule has 7 nitrogen and oxygen atoms in total. The van der Waals surface area contributed by atoms with Crippen molar-refractivity contribution in [2.45, 2.75) is 51.6 Å². The number of rotatable bonds is 7. The standard InChI is InChI=1S/C21H30N4O3/c1-16(22-19(26)15-28-2)21-23-17-9-5-6-10-18(17)25(21)14-11-20(27)24-12-7-3-4-8-13-24/h5-6,9-10,16H,3-4,7-8,11-15H2,1-2H3,(H,22,26). The van der Waals surface area contributed by atoms with E-state index in [1.807, 2.05) is 36.1 Å². The van der Waals surface area contributed by atoms with E-state index in [1.54, 1.807) is 0 Å². The van der Waals surface area contributed by atoms with Crippen LogP contribution in [0.15, 0.2) is 24.3 Å². The molecule has 0 saturated carbocycles. The molecule has 0 radical (unpaired) electrons. The third-order valence-corrected chi connectivity index (χ3v) is 5.23. The third kappa shape index (κ3) is 4.90. The zero-order valence-corrected chi connectivity index (χ0v) is 16.8.